The SMILES string of the molecule is C#CCCCn1nc(NC(=O)C(C)(C)C)c2cccc(C(F)(F)F)c21. The van der Waals surface area contributed by atoms with E-state index in [0.29, 0.717) is 12.8 Å². The highest BCUT2D eigenvalue weighted by Crippen LogP contribution is 2.37. The van der Waals surface area contributed by atoms with Crippen LogP contribution in [-0.2, 0) is 17.5 Å². The summed E-state index contributed by atoms with van der Waals surface area (Å²) in [6, 6.07) is 3.84. The molecule has 0 aliphatic carbocycles. The molecule has 0 atom stereocenters. The Hall–Kier alpha value is -2.49. The molecule has 0 unspecified atom stereocenters. The number of rotatable bonds is 4. The van der Waals surface area contributed by atoms with E-state index < -0.39 is 17.2 Å². The molecular formula is C18H20F3N3O. The van der Waals surface area contributed by atoms with Crippen molar-refractivity contribution < 1.29 is 18.0 Å². The van der Waals surface area contributed by atoms with E-state index in [-0.39, 0.29) is 29.2 Å². The fourth-order valence-corrected chi connectivity index (χ4v) is 2.35. The van der Waals surface area contributed by atoms with Crippen molar-refractivity contribution in [3.63, 3.8) is 0 Å². The number of hydrogen-bond acceptors (Lipinski definition) is 2. The van der Waals surface area contributed by atoms with Crippen LogP contribution in [-0.4, -0.2) is 15.7 Å². The molecule has 2 rings (SSSR count). The third kappa shape index (κ3) is 4.13. The summed E-state index contributed by atoms with van der Waals surface area (Å²) in [5.74, 6) is 2.26. The average Bonchev–Trinajstić information content (AvgIpc) is 2.84. The van der Waals surface area contributed by atoms with Gasteiger partial charge in [0, 0.05) is 23.8 Å². The molecule has 0 radical (unpaired) electrons. The highest BCUT2D eigenvalue weighted by molar-refractivity contribution is 6.02. The number of nitrogens with one attached hydrogen (secondary N) is 1. The predicted octanol–water partition coefficient (Wildman–Crippen LogP) is 4.45. The lowest BCUT2D eigenvalue weighted by molar-refractivity contribution is -0.136. The number of terminal acetylenes is 1. The molecule has 7 heteroatoms. The van der Waals surface area contributed by atoms with Gasteiger partial charge in [-0.1, -0.05) is 26.8 Å². The first-order valence-corrected chi connectivity index (χ1v) is 7.87. The molecule has 0 aliphatic heterocycles. The molecule has 0 saturated carbocycles. The summed E-state index contributed by atoms with van der Waals surface area (Å²) in [6.45, 7) is 5.39. The zero-order valence-corrected chi connectivity index (χ0v) is 14.4. The van der Waals surface area contributed by atoms with Crippen molar-refractivity contribution in [2.45, 2.75) is 46.3 Å². The van der Waals surface area contributed by atoms with Crippen LogP contribution >= 0.6 is 0 Å². The first-order chi connectivity index (χ1) is 11.6. The topological polar surface area (TPSA) is 46.9 Å². The van der Waals surface area contributed by atoms with E-state index in [4.69, 9.17) is 6.42 Å². The summed E-state index contributed by atoms with van der Waals surface area (Å²) >= 11 is 0. The number of benzene rings is 1. The second-order valence-corrected chi connectivity index (χ2v) is 6.78. The number of amides is 1. The number of para-hydroxylation sites is 1. The number of fused-ring (bicyclic) bond motifs is 1. The van der Waals surface area contributed by atoms with Gasteiger partial charge in [-0.25, -0.2) is 0 Å². The van der Waals surface area contributed by atoms with Crippen LogP contribution in [0, 0.1) is 17.8 Å². The van der Waals surface area contributed by atoms with E-state index in [9.17, 15) is 18.0 Å². The smallest absolute Gasteiger partial charge is 0.308 e. The van der Waals surface area contributed by atoms with Crippen molar-refractivity contribution in [2.24, 2.45) is 5.41 Å². The number of carbonyl (C=O) groups excluding carboxylic acids is 1. The van der Waals surface area contributed by atoms with Crippen LogP contribution in [0.15, 0.2) is 18.2 Å². The largest absolute Gasteiger partial charge is 0.418 e. The normalized spacial score (nSPS) is 12.2. The van der Waals surface area contributed by atoms with Crippen molar-refractivity contribution in [3.05, 3.63) is 23.8 Å². The van der Waals surface area contributed by atoms with E-state index >= 15 is 0 Å². The molecule has 0 fully saturated rings. The minimum atomic E-state index is -4.52. The van der Waals surface area contributed by atoms with Crippen LogP contribution in [0.3, 0.4) is 0 Å². The van der Waals surface area contributed by atoms with Crippen LogP contribution < -0.4 is 5.32 Å². The van der Waals surface area contributed by atoms with E-state index in [0.717, 1.165) is 6.07 Å². The average molecular weight is 351 g/mol. The fourth-order valence-electron chi connectivity index (χ4n) is 2.35. The van der Waals surface area contributed by atoms with Crippen LogP contribution in [0.25, 0.3) is 10.9 Å². The number of halogens is 3. The van der Waals surface area contributed by atoms with Crippen molar-refractivity contribution >= 4 is 22.6 Å². The maximum Gasteiger partial charge on any atom is 0.418 e. The first-order valence-electron chi connectivity index (χ1n) is 7.87. The Labute approximate surface area is 144 Å². The lowest BCUT2D eigenvalue weighted by Crippen LogP contribution is -2.27. The number of aryl methyl sites for hydroxylation is 1. The number of carbonyl (C=O) groups is 1. The van der Waals surface area contributed by atoms with E-state index in [2.05, 4.69) is 16.3 Å². The molecule has 1 aromatic heterocycles. The molecule has 4 nitrogen and oxygen atoms in total. The zero-order valence-electron chi connectivity index (χ0n) is 14.4. The molecule has 1 amide bonds. The molecule has 134 valence electrons. The quantitative estimate of drug-likeness (QED) is 0.653. The van der Waals surface area contributed by atoms with Gasteiger partial charge >= 0.3 is 6.18 Å². The standard InChI is InChI=1S/C18H20F3N3O/c1-5-6-7-11-24-14-12(9-8-10-13(14)18(19,20)21)15(23-24)22-16(25)17(2,3)4/h1,8-10H,6-7,11H2,2-4H3,(H,22,23,25). The summed E-state index contributed by atoms with van der Waals surface area (Å²) in [4.78, 5) is 12.2. The van der Waals surface area contributed by atoms with Gasteiger partial charge in [-0.15, -0.1) is 12.3 Å². The van der Waals surface area contributed by atoms with E-state index in [1.165, 1.54) is 16.8 Å². The molecule has 1 aromatic carbocycles. The summed E-state index contributed by atoms with van der Waals surface area (Å²) < 4.78 is 41.4. The highest BCUT2D eigenvalue weighted by Gasteiger charge is 2.35. The molecule has 0 bridgehead atoms. The monoisotopic (exact) mass is 351 g/mol. The Bertz CT molecular complexity index is 823. The second-order valence-electron chi connectivity index (χ2n) is 6.78. The molecule has 25 heavy (non-hydrogen) atoms. The molecule has 0 saturated heterocycles. The van der Waals surface area contributed by atoms with Gasteiger partial charge < -0.3 is 5.32 Å². The van der Waals surface area contributed by atoms with Crippen LogP contribution in [0.2, 0.25) is 0 Å². The summed E-state index contributed by atoms with van der Waals surface area (Å²) in [6.07, 6.45) is 1.61. The molecule has 2 aromatic rings. The minimum Gasteiger partial charge on any atom is -0.308 e. The van der Waals surface area contributed by atoms with Crippen molar-refractivity contribution in [1.29, 1.82) is 0 Å². The molecular weight excluding hydrogens is 331 g/mol. The number of anilines is 1. The second kappa shape index (κ2) is 6.79. The van der Waals surface area contributed by atoms with Crippen molar-refractivity contribution in [3.8, 4) is 12.3 Å². The molecule has 0 aliphatic rings. The van der Waals surface area contributed by atoms with E-state index in [1.54, 1.807) is 20.8 Å². The van der Waals surface area contributed by atoms with Crippen LogP contribution in [0.5, 0.6) is 0 Å². The Morgan fingerprint density at radius 1 is 1.32 bits per heavy atom. The number of alkyl halides is 3. The Balaban J connectivity index is 2.57. The minimum absolute atomic E-state index is 0.0452. The molecule has 1 heterocycles. The van der Waals surface area contributed by atoms with Gasteiger partial charge in [-0.05, 0) is 18.6 Å². The van der Waals surface area contributed by atoms with Gasteiger partial charge in [0.15, 0.2) is 5.82 Å². The Morgan fingerprint density at radius 3 is 2.56 bits per heavy atom. The summed E-state index contributed by atoms with van der Waals surface area (Å²) in [7, 11) is 0. The van der Waals surface area contributed by atoms with Gasteiger partial charge in [0.05, 0.1) is 11.1 Å². The number of unbranched alkanes of at least 4 members (excludes halogenated alkanes) is 1. The van der Waals surface area contributed by atoms with Gasteiger partial charge in [0.2, 0.25) is 5.91 Å². The number of aromatic nitrogens is 2. The lowest BCUT2D eigenvalue weighted by atomic mass is 9.96. The van der Waals surface area contributed by atoms with Crippen molar-refractivity contribution in [2.75, 3.05) is 5.32 Å². The Morgan fingerprint density at radius 2 is 2.00 bits per heavy atom. The maximum atomic E-state index is 13.4. The molecule has 0 spiro atoms. The summed E-state index contributed by atoms with van der Waals surface area (Å²) in [5, 5.41) is 7.10. The zero-order chi connectivity index (χ0) is 18.8. The first kappa shape index (κ1) is 18.8. The maximum absolute atomic E-state index is 13.4. The van der Waals surface area contributed by atoms with Gasteiger partial charge in [0.25, 0.3) is 0 Å². The molecule has 1 N–H and O–H groups in total. The van der Waals surface area contributed by atoms with Crippen molar-refractivity contribution in [1.82, 2.24) is 9.78 Å². The van der Waals surface area contributed by atoms with Gasteiger partial charge in [-0.3, -0.25) is 9.48 Å². The Kier molecular flexibility index (Phi) is 5.12. The van der Waals surface area contributed by atoms with Crippen LogP contribution in [0.1, 0.15) is 39.2 Å². The number of hydrogen-bond donors (Lipinski definition) is 1. The number of nitrogens with zero attached hydrogens (tertiary/aromatic N) is 2. The van der Waals surface area contributed by atoms with Gasteiger partial charge in [0.1, 0.15) is 0 Å². The fraction of sp³-hybridized carbons (Fsp3) is 0.444. The lowest BCUT2D eigenvalue weighted by Gasteiger charge is -2.16. The third-order valence-corrected chi connectivity index (χ3v) is 3.68. The third-order valence-electron chi connectivity index (χ3n) is 3.68. The summed E-state index contributed by atoms with van der Waals surface area (Å²) in [5.41, 5.74) is -1.52. The van der Waals surface area contributed by atoms with Gasteiger partial charge in [-0.2, -0.15) is 18.3 Å². The highest BCUT2D eigenvalue weighted by atomic mass is 19.4. The predicted molar refractivity (Wildman–Crippen MR) is 90.9 cm³/mol. The van der Waals surface area contributed by atoms with E-state index in [1.807, 2.05) is 0 Å². The van der Waals surface area contributed by atoms with Crippen LogP contribution in [0.4, 0.5) is 19.0 Å².